The molecule has 1 unspecified atom stereocenters. The maximum Gasteiger partial charge on any atom is 0.267 e. The van der Waals surface area contributed by atoms with E-state index < -0.39 is 6.10 Å². The van der Waals surface area contributed by atoms with Gasteiger partial charge < -0.3 is 9.64 Å². The SMILES string of the molecule is C=C(CCCC)C(=O)c1ccc2c(c1)OC(C)C(=O)N2C. The van der Waals surface area contributed by atoms with E-state index in [0.29, 0.717) is 29.0 Å². The van der Waals surface area contributed by atoms with Crippen LogP contribution in [0.5, 0.6) is 5.75 Å². The number of ether oxygens (including phenoxy) is 1. The van der Waals surface area contributed by atoms with Crippen molar-refractivity contribution in [1.82, 2.24) is 0 Å². The Kier molecular flexibility index (Phi) is 4.46. The molecule has 0 saturated carbocycles. The lowest BCUT2D eigenvalue weighted by molar-refractivity contribution is -0.125. The molecule has 1 aliphatic rings. The smallest absolute Gasteiger partial charge is 0.267 e. The van der Waals surface area contributed by atoms with Gasteiger partial charge in [-0.15, -0.1) is 0 Å². The quantitative estimate of drug-likeness (QED) is 0.616. The highest BCUT2D eigenvalue weighted by molar-refractivity contribution is 6.09. The zero-order valence-corrected chi connectivity index (χ0v) is 12.8. The van der Waals surface area contributed by atoms with Crippen molar-refractivity contribution in [2.75, 3.05) is 11.9 Å². The minimum atomic E-state index is -0.531. The van der Waals surface area contributed by atoms with Gasteiger partial charge in [-0.05, 0) is 43.5 Å². The molecule has 2 rings (SSSR count). The highest BCUT2D eigenvalue weighted by Gasteiger charge is 2.29. The van der Waals surface area contributed by atoms with Crippen molar-refractivity contribution in [1.29, 1.82) is 0 Å². The van der Waals surface area contributed by atoms with Crippen LogP contribution in [0, 0.1) is 0 Å². The van der Waals surface area contributed by atoms with Crippen molar-refractivity contribution >= 4 is 17.4 Å². The maximum atomic E-state index is 12.3. The molecule has 0 spiro atoms. The van der Waals surface area contributed by atoms with Gasteiger partial charge in [-0.3, -0.25) is 9.59 Å². The van der Waals surface area contributed by atoms with Crippen molar-refractivity contribution in [3.05, 3.63) is 35.9 Å². The molecule has 0 radical (unpaired) electrons. The number of nitrogens with zero attached hydrogens (tertiary/aromatic N) is 1. The fourth-order valence-electron chi connectivity index (χ4n) is 2.37. The van der Waals surface area contributed by atoms with Crippen LogP contribution in [0.15, 0.2) is 30.4 Å². The number of Topliss-reactive ketones (excluding diaryl/α,β-unsaturated/α-hetero) is 1. The first-order valence-corrected chi connectivity index (χ1v) is 7.26. The Hall–Kier alpha value is -2.10. The summed E-state index contributed by atoms with van der Waals surface area (Å²) in [5, 5.41) is 0. The van der Waals surface area contributed by atoms with Gasteiger partial charge in [-0.2, -0.15) is 0 Å². The molecule has 1 heterocycles. The van der Waals surface area contributed by atoms with Gasteiger partial charge in [-0.25, -0.2) is 0 Å². The molecule has 1 aromatic carbocycles. The van der Waals surface area contributed by atoms with E-state index in [-0.39, 0.29) is 11.7 Å². The molecule has 112 valence electrons. The van der Waals surface area contributed by atoms with Crippen LogP contribution in [0.25, 0.3) is 0 Å². The normalized spacial score (nSPS) is 17.2. The molecule has 4 heteroatoms. The number of unbranched alkanes of at least 4 members (excludes halogenated alkanes) is 1. The van der Waals surface area contributed by atoms with Gasteiger partial charge in [0, 0.05) is 12.6 Å². The third kappa shape index (κ3) is 2.99. The highest BCUT2D eigenvalue weighted by Crippen LogP contribution is 2.34. The molecule has 1 atom stereocenters. The second-order valence-corrected chi connectivity index (χ2v) is 5.38. The molecule has 21 heavy (non-hydrogen) atoms. The van der Waals surface area contributed by atoms with Gasteiger partial charge >= 0.3 is 0 Å². The summed E-state index contributed by atoms with van der Waals surface area (Å²) < 4.78 is 5.59. The first-order chi connectivity index (χ1) is 9.95. The lowest BCUT2D eigenvalue weighted by Crippen LogP contribution is -2.42. The lowest BCUT2D eigenvalue weighted by atomic mass is 9.99. The Bertz CT molecular complexity index is 592. The number of rotatable bonds is 5. The molecule has 1 aromatic rings. The lowest BCUT2D eigenvalue weighted by Gasteiger charge is -2.30. The number of amides is 1. The summed E-state index contributed by atoms with van der Waals surface area (Å²) in [5.41, 5.74) is 1.86. The molecule has 0 bridgehead atoms. The zero-order valence-electron chi connectivity index (χ0n) is 12.8. The van der Waals surface area contributed by atoms with Crippen molar-refractivity contribution in [3.63, 3.8) is 0 Å². The van der Waals surface area contributed by atoms with Crippen LogP contribution in [0.3, 0.4) is 0 Å². The van der Waals surface area contributed by atoms with E-state index in [2.05, 4.69) is 13.5 Å². The average Bonchev–Trinajstić information content (AvgIpc) is 2.49. The number of carbonyl (C=O) groups excluding carboxylic acids is 2. The number of carbonyl (C=O) groups is 2. The molecule has 4 nitrogen and oxygen atoms in total. The largest absolute Gasteiger partial charge is 0.479 e. The third-order valence-corrected chi connectivity index (χ3v) is 3.72. The van der Waals surface area contributed by atoms with Crippen LogP contribution in [-0.4, -0.2) is 24.8 Å². The second kappa shape index (κ2) is 6.12. The van der Waals surface area contributed by atoms with E-state index in [9.17, 15) is 9.59 Å². The Morgan fingerprint density at radius 1 is 1.43 bits per heavy atom. The molecule has 0 aliphatic carbocycles. The zero-order chi connectivity index (χ0) is 15.6. The molecule has 0 N–H and O–H groups in total. The fraction of sp³-hybridized carbons (Fsp3) is 0.412. The Morgan fingerprint density at radius 3 is 2.81 bits per heavy atom. The molecule has 1 aliphatic heterocycles. The molecule has 0 fully saturated rings. The van der Waals surface area contributed by atoms with Gasteiger partial charge in [0.05, 0.1) is 5.69 Å². The van der Waals surface area contributed by atoms with Crippen molar-refractivity contribution in [3.8, 4) is 5.75 Å². The Morgan fingerprint density at radius 2 is 2.14 bits per heavy atom. The summed E-state index contributed by atoms with van der Waals surface area (Å²) >= 11 is 0. The van der Waals surface area contributed by atoms with Gasteiger partial charge in [0.2, 0.25) is 0 Å². The average molecular weight is 287 g/mol. The molecular formula is C17H21NO3. The molecular weight excluding hydrogens is 266 g/mol. The summed E-state index contributed by atoms with van der Waals surface area (Å²) in [4.78, 5) is 25.7. The number of ketones is 1. The van der Waals surface area contributed by atoms with Crippen LogP contribution in [0.1, 0.15) is 43.5 Å². The summed E-state index contributed by atoms with van der Waals surface area (Å²) in [6, 6.07) is 5.18. The number of anilines is 1. The third-order valence-electron chi connectivity index (χ3n) is 3.72. The first-order valence-electron chi connectivity index (χ1n) is 7.26. The molecule has 0 saturated heterocycles. The highest BCUT2D eigenvalue weighted by atomic mass is 16.5. The predicted octanol–water partition coefficient (Wildman–Crippen LogP) is 3.36. The molecule has 1 amide bonds. The summed E-state index contributed by atoms with van der Waals surface area (Å²) in [6.45, 7) is 7.65. The van der Waals surface area contributed by atoms with E-state index in [1.54, 1.807) is 37.1 Å². The number of likely N-dealkylation sites (N-methyl/N-ethyl adjacent to an activating group) is 1. The van der Waals surface area contributed by atoms with Crippen LogP contribution in [-0.2, 0) is 4.79 Å². The number of hydrogen-bond donors (Lipinski definition) is 0. The van der Waals surface area contributed by atoms with Gasteiger partial charge in [0.25, 0.3) is 5.91 Å². The Balaban J connectivity index is 2.25. The predicted molar refractivity (Wildman–Crippen MR) is 82.9 cm³/mol. The summed E-state index contributed by atoms with van der Waals surface area (Å²) in [7, 11) is 1.71. The summed E-state index contributed by atoms with van der Waals surface area (Å²) in [6.07, 6.45) is 2.17. The van der Waals surface area contributed by atoms with Crippen LogP contribution < -0.4 is 9.64 Å². The standard InChI is InChI=1S/C17H21NO3/c1-5-6-7-11(2)16(19)13-8-9-14-15(10-13)21-12(3)17(20)18(14)4/h8-10,12H,2,5-7H2,1,3-4H3. The number of fused-ring (bicyclic) bond motifs is 1. The van der Waals surface area contributed by atoms with Gasteiger partial charge in [-0.1, -0.05) is 19.9 Å². The van der Waals surface area contributed by atoms with Crippen molar-refractivity contribution in [2.45, 2.75) is 39.2 Å². The maximum absolute atomic E-state index is 12.3. The summed E-state index contributed by atoms with van der Waals surface area (Å²) in [5.74, 6) is 0.426. The number of hydrogen-bond acceptors (Lipinski definition) is 3. The van der Waals surface area contributed by atoms with E-state index in [0.717, 1.165) is 12.8 Å². The second-order valence-electron chi connectivity index (χ2n) is 5.38. The van der Waals surface area contributed by atoms with E-state index >= 15 is 0 Å². The van der Waals surface area contributed by atoms with Crippen molar-refractivity contribution < 1.29 is 14.3 Å². The van der Waals surface area contributed by atoms with Crippen LogP contribution in [0.4, 0.5) is 5.69 Å². The number of benzene rings is 1. The van der Waals surface area contributed by atoms with Crippen molar-refractivity contribution in [2.24, 2.45) is 0 Å². The topological polar surface area (TPSA) is 46.6 Å². The monoisotopic (exact) mass is 287 g/mol. The Labute approximate surface area is 125 Å². The van der Waals surface area contributed by atoms with Gasteiger partial charge in [0.1, 0.15) is 5.75 Å². The number of allylic oxidation sites excluding steroid dienone is 1. The first kappa shape index (κ1) is 15.3. The molecule has 0 aromatic heterocycles. The van der Waals surface area contributed by atoms with E-state index in [1.165, 1.54) is 0 Å². The van der Waals surface area contributed by atoms with Crippen LogP contribution in [0.2, 0.25) is 0 Å². The van der Waals surface area contributed by atoms with E-state index in [4.69, 9.17) is 4.74 Å². The minimum absolute atomic E-state index is 0.0537. The fourth-order valence-corrected chi connectivity index (χ4v) is 2.37. The minimum Gasteiger partial charge on any atom is -0.479 e. The van der Waals surface area contributed by atoms with E-state index in [1.807, 2.05) is 0 Å². The van der Waals surface area contributed by atoms with Gasteiger partial charge in [0.15, 0.2) is 11.9 Å². The van der Waals surface area contributed by atoms with Crippen LogP contribution >= 0.6 is 0 Å².